The summed E-state index contributed by atoms with van der Waals surface area (Å²) < 4.78 is 25.8. The zero-order valence-electron chi connectivity index (χ0n) is 14.5. The minimum atomic E-state index is -3.42. The van der Waals surface area contributed by atoms with E-state index in [0.717, 1.165) is 38.5 Å². The van der Waals surface area contributed by atoms with Crippen molar-refractivity contribution in [1.82, 2.24) is 19.5 Å². The number of piperidine rings is 1. The standard InChI is InChI=1S/C16H27N5O2S/c1-17-24(22,23)15-5-6-16(18-12-15)21-10-8-20(9-11-21)14-4-3-7-19(2)13-14/h5-6,12,14,17H,3-4,7-11,13H2,1-2H3. The first-order valence-electron chi connectivity index (χ1n) is 8.57. The average molecular weight is 353 g/mol. The van der Waals surface area contributed by atoms with Crippen LogP contribution >= 0.6 is 0 Å². The average Bonchev–Trinajstić information content (AvgIpc) is 2.62. The smallest absolute Gasteiger partial charge is 0.241 e. The van der Waals surface area contributed by atoms with Crippen LogP contribution in [0.4, 0.5) is 5.82 Å². The van der Waals surface area contributed by atoms with Gasteiger partial charge in [0.1, 0.15) is 10.7 Å². The van der Waals surface area contributed by atoms with Crippen LogP contribution in [0, 0.1) is 0 Å². The molecule has 3 heterocycles. The third-order valence-corrected chi connectivity index (χ3v) is 6.45. The van der Waals surface area contributed by atoms with Gasteiger partial charge < -0.3 is 9.80 Å². The lowest BCUT2D eigenvalue weighted by atomic mass is 10.0. The highest BCUT2D eigenvalue weighted by atomic mass is 32.2. The number of likely N-dealkylation sites (N-methyl/N-ethyl adjacent to an activating group) is 1. The summed E-state index contributed by atoms with van der Waals surface area (Å²) in [7, 11) is 0.191. The molecule has 2 aliphatic rings. The number of nitrogens with zero attached hydrogens (tertiary/aromatic N) is 4. The molecule has 0 aliphatic carbocycles. The number of pyridine rings is 1. The fourth-order valence-corrected chi connectivity index (χ4v) is 4.26. The molecule has 1 aromatic rings. The van der Waals surface area contributed by atoms with Crippen molar-refractivity contribution in [3.8, 4) is 0 Å². The highest BCUT2D eigenvalue weighted by Gasteiger charge is 2.27. The first-order chi connectivity index (χ1) is 11.5. The van der Waals surface area contributed by atoms with E-state index in [2.05, 4.69) is 31.5 Å². The lowest BCUT2D eigenvalue weighted by molar-refractivity contribution is 0.106. The summed E-state index contributed by atoms with van der Waals surface area (Å²) in [6.45, 7) is 6.32. The van der Waals surface area contributed by atoms with Crippen molar-refractivity contribution >= 4 is 15.8 Å². The van der Waals surface area contributed by atoms with Crippen molar-refractivity contribution in [1.29, 1.82) is 0 Å². The molecule has 1 N–H and O–H groups in total. The van der Waals surface area contributed by atoms with Gasteiger partial charge in [-0.15, -0.1) is 0 Å². The zero-order chi connectivity index (χ0) is 17.2. The van der Waals surface area contributed by atoms with Gasteiger partial charge in [-0.05, 0) is 45.6 Å². The van der Waals surface area contributed by atoms with Crippen LogP contribution in [-0.2, 0) is 10.0 Å². The van der Waals surface area contributed by atoms with E-state index in [1.54, 1.807) is 12.1 Å². The molecule has 1 aromatic heterocycles. The molecule has 134 valence electrons. The molecule has 0 saturated carbocycles. The number of likely N-dealkylation sites (tertiary alicyclic amines) is 1. The number of piperazine rings is 1. The number of nitrogens with one attached hydrogen (secondary N) is 1. The van der Waals surface area contributed by atoms with Crippen molar-refractivity contribution in [2.24, 2.45) is 0 Å². The predicted octanol–water partition coefficient (Wildman–Crippen LogP) is 0.206. The van der Waals surface area contributed by atoms with E-state index in [1.165, 1.54) is 32.6 Å². The Morgan fingerprint density at radius 3 is 2.50 bits per heavy atom. The van der Waals surface area contributed by atoms with Crippen LogP contribution in [-0.4, -0.2) is 82.6 Å². The molecule has 2 saturated heterocycles. The third kappa shape index (κ3) is 3.88. The molecule has 0 radical (unpaired) electrons. The fraction of sp³-hybridized carbons (Fsp3) is 0.688. The minimum Gasteiger partial charge on any atom is -0.354 e. The molecule has 2 fully saturated rings. The second-order valence-corrected chi connectivity index (χ2v) is 8.53. The molecule has 24 heavy (non-hydrogen) atoms. The van der Waals surface area contributed by atoms with Crippen LogP contribution in [0.3, 0.4) is 0 Å². The molecule has 0 bridgehead atoms. The van der Waals surface area contributed by atoms with Crippen molar-refractivity contribution in [3.63, 3.8) is 0 Å². The van der Waals surface area contributed by atoms with Crippen molar-refractivity contribution in [3.05, 3.63) is 18.3 Å². The second kappa shape index (κ2) is 7.35. The summed E-state index contributed by atoms with van der Waals surface area (Å²) in [5.74, 6) is 0.852. The van der Waals surface area contributed by atoms with Crippen LogP contribution in [0.15, 0.2) is 23.2 Å². The van der Waals surface area contributed by atoms with Gasteiger partial charge in [-0.2, -0.15) is 0 Å². The first kappa shape index (κ1) is 17.6. The normalized spacial score (nSPS) is 24.2. The maximum Gasteiger partial charge on any atom is 0.241 e. The van der Waals surface area contributed by atoms with Gasteiger partial charge in [0.2, 0.25) is 10.0 Å². The van der Waals surface area contributed by atoms with E-state index in [1.807, 2.05) is 0 Å². The van der Waals surface area contributed by atoms with E-state index < -0.39 is 10.0 Å². The highest BCUT2D eigenvalue weighted by Crippen LogP contribution is 2.20. The van der Waals surface area contributed by atoms with Crippen molar-refractivity contribution < 1.29 is 8.42 Å². The maximum atomic E-state index is 11.8. The van der Waals surface area contributed by atoms with Gasteiger partial charge in [0, 0.05) is 45.0 Å². The summed E-state index contributed by atoms with van der Waals surface area (Å²) in [6.07, 6.45) is 4.01. The largest absolute Gasteiger partial charge is 0.354 e. The van der Waals surface area contributed by atoms with Gasteiger partial charge in [-0.25, -0.2) is 18.1 Å². The number of hydrogen-bond donors (Lipinski definition) is 1. The second-order valence-electron chi connectivity index (χ2n) is 6.64. The Morgan fingerprint density at radius 2 is 1.92 bits per heavy atom. The molecular weight excluding hydrogens is 326 g/mol. The third-order valence-electron chi connectivity index (χ3n) is 5.05. The molecule has 1 unspecified atom stereocenters. The first-order valence-corrected chi connectivity index (χ1v) is 10.0. The number of anilines is 1. The highest BCUT2D eigenvalue weighted by molar-refractivity contribution is 7.89. The minimum absolute atomic E-state index is 0.206. The van der Waals surface area contributed by atoms with E-state index in [9.17, 15) is 8.42 Å². The van der Waals surface area contributed by atoms with Gasteiger partial charge >= 0.3 is 0 Å². The lowest BCUT2D eigenvalue weighted by Crippen LogP contribution is -2.54. The molecule has 1 atom stereocenters. The Labute approximate surface area is 144 Å². The molecule has 7 nitrogen and oxygen atoms in total. The summed E-state index contributed by atoms with van der Waals surface area (Å²) >= 11 is 0. The Morgan fingerprint density at radius 1 is 1.17 bits per heavy atom. The van der Waals surface area contributed by atoms with Gasteiger partial charge in [-0.3, -0.25) is 4.90 Å². The summed E-state index contributed by atoms with van der Waals surface area (Å²) in [5, 5.41) is 0. The van der Waals surface area contributed by atoms with Crippen LogP contribution in [0.2, 0.25) is 0 Å². The number of aromatic nitrogens is 1. The van der Waals surface area contributed by atoms with E-state index in [-0.39, 0.29) is 4.90 Å². The molecule has 3 rings (SSSR count). The van der Waals surface area contributed by atoms with Crippen molar-refractivity contribution in [2.45, 2.75) is 23.8 Å². The molecular formula is C16H27N5O2S. The Hall–Kier alpha value is -1.22. The Balaban J connectivity index is 1.58. The summed E-state index contributed by atoms with van der Waals surface area (Å²) in [6, 6.07) is 4.09. The molecule has 0 aromatic carbocycles. The molecule has 0 amide bonds. The summed E-state index contributed by atoms with van der Waals surface area (Å²) in [5.41, 5.74) is 0. The topological polar surface area (TPSA) is 68.8 Å². The van der Waals surface area contributed by atoms with Gasteiger partial charge in [0.25, 0.3) is 0 Å². The van der Waals surface area contributed by atoms with Gasteiger partial charge in [0.15, 0.2) is 0 Å². The van der Waals surface area contributed by atoms with E-state index in [0.29, 0.717) is 6.04 Å². The predicted molar refractivity (Wildman–Crippen MR) is 94.8 cm³/mol. The SMILES string of the molecule is CNS(=O)(=O)c1ccc(N2CCN(C3CCCN(C)C3)CC2)nc1. The Bertz CT molecular complexity index is 641. The summed E-state index contributed by atoms with van der Waals surface area (Å²) in [4.78, 5) is 11.8. The Kier molecular flexibility index (Phi) is 5.39. The molecule has 2 aliphatic heterocycles. The number of hydrogen-bond acceptors (Lipinski definition) is 6. The number of rotatable bonds is 4. The van der Waals surface area contributed by atoms with E-state index in [4.69, 9.17) is 0 Å². The fourth-order valence-electron chi connectivity index (χ4n) is 3.59. The van der Waals surface area contributed by atoms with Crippen LogP contribution in [0.1, 0.15) is 12.8 Å². The van der Waals surface area contributed by atoms with E-state index >= 15 is 0 Å². The molecule has 8 heteroatoms. The van der Waals surface area contributed by atoms with Gasteiger partial charge in [0.05, 0.1) is 0 Å². The van der Waals surface area contributed by atoms with Crippen LogP contribution < -0.4 is 9.62 Å². The maximum absolute atomic E-state index is 11.8. The van der Waals surface area contributed by atoms with Gasteiger partial charge in [-0.1, -0.05) is 0 Å². The quantitative estimate of drug-likeness (QED) is 0.834. The number of sulfonamides is 1. The monoisotopic (exact) mass is 353 g/mol. The lowest BCUT2D eigenvalue weighted by Gasteiger charge is -2.43. The zero-order valence-corrected chi connectivity index (χ0v) is 15.3. The molecule has 0 spiro atoms. The van der Waals surface area contributed by atoms with Crippen LogP contribution in [0.25, 0.3) is 0 Å². The van der Waals surface area contributed by atoms with Crippen molar-refractivity contribution in [2.75, 3.05) is 58.3 Å². The van der Waals surface area contributed by atoms with Crippen LogP contribution in [0.5, 0.6) is 0 Å².